The number of aromatic nitrogens is 3. The lowest BCUT2D eigenvalue weighted by Gasteiger charge is -2.16. The van der Waals surface area contributed by atoms with E-state index < -0.39 is 5.97 Å². The van der Waals surface area contributed by atoms with Crippen molar-refractivity contribution in [2.75, 3.05) is 13.1 Å². The molecule has 8 nitrogen and oxygen atoms in total. The molecule has 21 heavy (non-hydrogen) atoms. The molecule has 116 valence electrons. The third-order valence-corrected chi connectivity index (χ3v) is 3.94. The van der Waals surface area contributed by atoms with Crippen molar-refractivity contribution in [2.45, 2.75) is 25.7 Å². The van der Waals surface area contributed by atoms with Crippen molar-refractivity contribution in [3.8, 4) is 0 Å². The molecule has 2 unspecified atom stereocenters. The minimum atomic E-state index is -0.762. The van der Waals surface area contributed by atoms with Gasteiger partial charge >= 0.3 is 12.0 Å². The van der Waals surface area contributed by atoms with Crippen LogP contribution in [0.4, 0.5) is 4.79 Å². The molecule has 0 spiro atoms. The summed E-state index contributed by atoms with van der Waals surface area (Å²) < 4.78 is 1.80. The number of hydrogen-bond acceptors (Lipinski definition) is 4. The van der Waals surface area contributed by atoms with Crippen molar-refractivity contribution < 1.29 is 14.7 Å². The maximum Gasteiger partial charge on any atom is 0.314 e. The zero-order chi connectivity index (χ0) is 15.2. The summed E-state index contributed by atoms with van der Waals surface area (Å²) in [7, 11) is 1.85. The maximum absolute atomic E-state index is 11.7. The smallest absolute Gasteiger partial charge is 0.314 e. The molecule has 1 aromatic rings. The molecule has 1 fully saturated rings. The van der Waals surface area contributed by atoms with Gasteiger partial charge in [-0.3, -0.25) is 4.79 Å². The van der Waals surface area contributed by atoms with E-state index in [1.165, 1.54) is 0 Å². The van der Waals surface area contributed by atoms with E-state index in [2.05, 4.69) is 20.8 Å². The first-order valence-electron chi connectivity index (χ1n) is 7.15. The van der Waals surface area contributed by atoms with Gasteiger partial charge < -0.3 is 20.3 Å². The van der Waals surface area contributed by atoms with Crippen LogP contribution in [-0.2, 0) is 18.3 Å². The molecular weight excluding hydrogens is 274 g/mol. The molecule has 0 radical (unpaired) electrons. The Labute approximate surface area is 122 Å². The molecule has 0 aromatic carbocycles. The van der Waals surface area contributed by atoms with E-state index in [0.29, 0.717) is 25.9 Å². The molecule has 1 heterocycles. The second kappa shape index (κ2) is 7.05. The predicted octanol–water partition coefficient (Wildman–Crippen LogP) is 0.158. The van der Waals surface area contributed by atoms with Gasteiger partial charge in [0.05, 0.1) is 5.92 Å². The van der Waals surface area contributed by atoms with E-state index in [9.17, 15) is 9.59 Å². The molecule has 1 aliphatic carbocycles. The van der Waals surface area contributed by atoms with E-state index in [1.54, 1.807) is 10.9 Å². The second-order valence-electron chi connectivity index (χ2n) is 5.38. The van der Waals surface area contributed by atoms with E-state index in [1.807, 2.05) is 7.05 Å². The number of aliphatic carboxylic acids is 1. The minimum absolute atomic E-state index is 0.0343. The van der Waals surface area contributed by atoms with Crippen molar-refractivity contribution in [3.05, 3.63) is 12.2 Å². The molecule has 0 bridgehead atoms. The first-order chi connectivity index (χ1) is 10.1. The van der Waals surface area contributed by atoms with Crippen LogP contribution in [0.2, 0.25) is 0 Å². The van der Waals surface area contributed by atoms with E-state index in [-0.39, 0.29) is 17.9 Å². The van der Waals surface area contributed by atoms with Crippen molar-refractivity contribution in [1.82, 2.24) is 25.4 Å². The van der Waals surface area contributed by atoms with Crippen LogP contribution in [0.15, 0.2) is 6.33 Å². The highest BCUT2D eigenvalue weighted by molar-refractivity contribution is 5.74. The summed E-state index contributed by atoms with van der Waals surface area (Å²) >= 11 is 0. The number of nitrogens with zero attached hydrogens (tertiary/aromatic N) is 3. The van der Waals surface area contributed by atoms with Gasteiger partial charge in [-0.05, 0) is 18.8 Å². The number of amides is 2. The fourth-order valence-corrected chi connectivity index (χ4v) is 2.71. The Morgan fingerprint density at radius 1 is 1.43 bits per heavy atom. The fourth-order valence-electron chi connectivity index (χ4n) is 2.71. The SMILES string of the molecule is Cn1cnnc1CCNC(=O)NCC1CCCC1C(=O)O. The van der Waals surface area contributed by atoms with Crippen molar-refractivity contribution in [3.63, 3.8) is 0 Å². The number of urea groups is 1. The Morgan fingerprint density at radius 3 is 2.90 bits per heavy atom. The molecule has 2 amide bonds. The van der Waals surface area contributed by atoms with E-state index in [0.717, 1.165) is 18.7 Å². The number of carbonyl (C=O) groups is 2. The maximum atomic E-state index is 11.7. The number of aryl methyl sites for hydroxylation is 1. The predicted molar refractivity (Wildman–Crippen MR) is 74.6 cm³/mol. The molecule has 3 N–H and O–H groups in total. The molecular formula is C13H21N5O3. The Kier molecular flexibility index (Phi) is 5.13. The Balaban J connectivity index is 1.66. The molecule has 1 aliphatic rings. The van der Waals surface area contributed by atoms with Crippen LogP contribution in [0.1, 0.15) is 25.1 Å². The molecule has 0 saturated heterocycles. The first-order valence-corrected chi connectivity index (χ1v) is 7.15. The number of carbonyl (C=O) groups excluding carboxylic acids is 1. The lowest BCUT2D eigenvalue weighted by Crippen LogP contribution is -2.40. The third-order valence-electron chi connectivity index (χ3n) is 3.94. The van der Waals surface area contributed by atoms with E-state index >= 15 is 0 Å². The van der Waals surface area contributed by atoms with Gasteiger partial charge in [-0.1, -0.05) is 6.42 Å². The minimum Gasteiger partial charge on any atom is -0.481 e. The summed E-state index contributed by atoms with van der Waals surface area (Å²) in [4.78, 5) is 22.7. The van der Waals surface area contributed by atoms with Gasteiger partial charge in [0.1, 0.15) is 12.2 Å². The largest absolute Gasteiger partial charge is 0.481 e. The van der Waals surface area contributed by atoms with Gasteiger partial charge in [0.2, 0.25) is 0 Å². The quantitative estimate of drug-likeness (QED) is 0.692. The van der Waals surface area contributed by atoms with Crippen LogP contribution in [0.25, 0.3) is 0 Å². The van der Waals surface area contributed by atoms with E-state index in [4.69, 9.17) is 5.11 Å². The highest BCUT2D eigenvalue weighted by atomic mass is 16.4. The highest BCUT2D eigenvalue weighted by Gasteiger charge is 2.32. The first kappa shape index (κ1) is 15.3. The molecule has 1 aromatic heterocycles. The number of hydrogen-bond donors (Lipinski definition) is 3. The van der Waals surface area contributed by atoms with Crippen LogP contribution >= 0.6 is 0 Å². The highest BCUT2D eigenvalue weighted by Crippen LogP contribution is 2.31. The van der Waals surface area contributed by atoms with Crippen LogP contribution in [0.5, 0.6) is 0 Å². The number of carboxylic acids is 1. The normalized spacial score (nSPS) is 21.2. The number of nitrogens with one attached hydrogen (secondary N) is 2. The van der Waals surface area contributed by atoms with Gasteiger partial charge in [0.25, 0.3) is 0 Å². The van der Waals surface area contributed by atoms with Crippen LogP contribution < -0.4 is 10.6 Å². The molecule has 0 aliphatic heterocycles. The zero-order valence-corrected chi connectivity index (χ0v) is 12.1. The van der Waals surface area contributed by atoms with Crippen LogP contribution in [0, 0.1) is 11.8 Å². The van der Waals surface area contributed by atoms with Crippen LogP contribution in [-0.4, -0.2) is 45.0 Å². The van der Waals surface area contributed by atoms with Gasteiger partial charge in [-0.25, -0.2) is 4.79 Å². The van der Waals surface area contributed by atoms with Gasteiger partial charge in [-0.2, -0.15) is 0 Å². The summed E-state index contributed by atoms with van der Waals surface area (Å²) in [5, 5.41) is 22.3. The van der Waals surface area contributed by atoms with Gasteiger partial charge in [0, 0.05) is 26.6 Å². The average molecular weight is 295 g/mol. The Hall–Kier alpha value is -2.12. The summed E-state index contributed by atoms with van der Waals surface area (Å²) in [6.45, 7) is 0.873. The second-order valence-corrected chi connectivity index (χ2v) is 5.38. The van der Waals surface area contributed by atoms with Crippen molar-refractivity contribution >= 4 is 12.0 Å². The van der Waals surface area contributed by atoms with Crippen LogP contribution in [0.3, 0.4) is 0 Å². The fraction of sp³-hybridized carbons (Fsp3) is 0.692. The summed E-state index contributed by atoms with van der Waals surface area (Å²) in [6.07, 6.45) is 4.69. The summed E-state index contributed by atoms with van der Waals surface area (Å²) in [5.41, 5.74) is 0. The van der Waals surface area contributed by atoms with Gasteiger partial charge in [0.15, 0.2) is 0 Å². The Bertz CT molecular complexity index is 502. The molecule has 2 atom stereocenters. The Morgan fingerprint density at radius 2 is 2.24 bits per heavy atom. The molecule has 8 heteroatoms. The standard InChI is InChI=1S/C13H21N5O3/c1-18-8-16-17-11(18)5-6-14-13(21)15-7-9-3-2-4-10(9)12(19)20/h8-10H,2-7H2,1H3,(H,19,20)(H2,14,15,21). The summed E-state index contributed by atoms with van der Waals surface area (Å²) in [6, 6.07) is -0.270. The topological polar surface area (TPSA) is 109 Å². The van der Waals surface area contributed by atoms with Crippen molar-refractivity contribution in [1.29, 1.82) is 0 Å². The average Bonchev–Trinajstić information content (AvgIpc) is 3.06. The van der Waals surface area contributed by atoms with Gasteiger partial charge in [-0.15, -0.1) is 10.2 Å². The number of carboxylic acid groups (broad SMARTS) is 1. The number of rotatable bonds is 6. The zero-order valence-electron chi connectivity index (χ0n) is 12.1. The lowest BCUT2D eigenvalue weighted by molar-refractivity contribution is -0.142. The molecule has 2 rings (SSSR count). The lowest BCUT2D eigenvalue weighted by atomic mass is 9.96. The molecule has 1 saturated carbocycles. The monoisotopic (exact) mass is 295 g/mol. The van der Waals surface area contributed by atoms with Crippen molar-refractivity contribution in [2.24, 2.45) is 18.9 Å². The summed E-state index contributed by atoms with van der Waals surface area (Å²) in [5.74, 6) is -0.255. The third kappa shape index (κ3) is 4.17.